The van der Waals surface area contributed by atoms with E-state index in [0.717, 1.165) is 50.0 Å². The molecule has 3 rings (SSSR count). The first-order valence-corrected chi connectivity index (χ1v) is 11.2. The molecule has 2 heterocycles. The van der Waals surface area contributed by atoms with E-state index >= 15 is 0 Å². The summed E-state index contributed by atoms with van der Waals surface area (Å²) in [4.78, 5) is 24.7. The van der Waals surface area contributed by atoms with Crippen LogP contribution in [0.4, 0.5) is 0 Å². The van der Waals surface area contributed by atoms with E-state index in [0.29, 0.717) is 13.0 Å². The maximum atomic E-state index is 12.3. The van der Waals surface area contributed by atoms with E-state index in [1.807, 2.05) is 29.3 Å². The normalized spacial score (nSPS) is 17.0. The Bertz CT molecular complexity index is 805. The number of aliphatic imine (C=N–C) groups is 1. The summed E-state index contributed by atoms with van der Waals surface area (Å²) >= 11 is 1.74. The van der Waals surface area contributed by atoms with Crippen molar-refractivity contribution in [1.82, 2.24) is 20.5 Å². The number of guanidine groups is 1. The zero-order valence-electron chi connectivity index (χ0n) is 17.4. The number of benzene rings is 1. The molecule has 1 unspecified atom stereocenters. The Labute approximate surface area is 177 Å². The van der Waals surface area contributed by atoms with Gasteiger partial charge in [-0.1, -0.05) is 30.3 Å². The first kappa shape index (κ1) is 21.3. The summed E-state index contributed by atoms with van der Waals surface area (Å²) in [5.74, 6) is 1.35. The number of hydrogen-bond donors (Lipinski definition) is 2. The van der Waals surface area contributed by atoms with E-state index in [2.05, 4.69) is 41.6 Å². The van der Waals surface area contributed by atoms with Crippen molar-refractivity contribution in [2.45, 2.75) is 33.1 Å². The van der Waals surface area contributed by atoms with Gasteiger partial charge in [0.2, 0.25) is 5.91 Å². The summed E-state index contributed by atoms with van der Waals surface area (Å²) in [6.45, 7) is 8.00. The van der Waals surface area contributed by atoms with Crippen LogP contribution in [-0.4, -0.2) is 54.5 Å². The van der Waals surface area contributed by atoms with Gasteiger partial charge in [-0.15, -0.1) is 11.3 Å². The molecule has 29 heavy (non-hydrogen) atoms. The minimum absolute atomic E-state index is 0.248. The Hall–Kier alpha value is -2.41. The largest absolute Gasteiger partial charge is 0.357 e. The van der Waals surface area contributed by atoms with Gasteiger partial charge in [-0.05, 0) is 25.8 Å². The molecule has 1 atom stereocenters. The van der Waals surface area contributed by atoms with Crippen LogP contribution in [0, 0.1) is 12.8 Å². The van der Waals surface area contributed by atoms with Crippen LogP contribution < -0.4 is 10.6 Å². The van der Waals surface area contributed by atoms with E-state index in [1.165, 1.54) is 10.4 Å². The van der Waals surface area contributed by atoms with Gasteiger partial charge in [-0.25, -0.2) is 4.98 Å². The minimum Gasteiger partial charge on any atom is -0.357 e. The van der Waals surface area contributed by atoms with E-state index in [-0.39, 0.29) is 11.8 Å². The van der Waals surface area contributed by atoms with Crippen molar-refractivity contribution >= 4 is 23.2 Å². The fourth-order valence-corrected chi connectivity index (χ4v) is 4.25. The van der Waals surface area contributed by atoms with Gasteiger partial charge in [0.05, 0.1) is 5.01 Å². The third-order valence-electron chi connectivity index (χ3n) is 4.96. The first-order valence-electron chi connectivity index (χ1n) is 10.4. The monoisotopic (exact) mass is 413 g/mol. The number of amides is 1. The number of hydrogen-bond acceptors (Lipinski definition) is 4. The summed E-state index contributed by atoms with van der Waals surface area (Å²) in [6, 6.07) is 10.3. The SMILES string of the molecule is CCNC(=NCC1CC(=O)N(CCc2ccccc2)C1)NCCc1ncc(C)s1. The molecule has 1 aliphatic rings. The van der Waals surface area contributed by atoms with Crippen LogP contribution >= 0.6 is 11.3 Å². The number of likely N-dealkylation sites (tertiary alicyclic amines) is 1. The van der Waals surface area contributed by atoms with Gasteiger partial charge in [0.1, 0.15) is 0 Å². The van der Waals surface area contributed by atoms with E-state index in [9.17, 15) is 4.79 Å². The molecule has 1 aromatic carbocycles. The number of aryl methyl sites for hydroxylation is 1. The van der Waals surface area contributed by atoms with Crippen LogP contribution in [0.1, 0.15) is 28.8 Å². The average molecular weight is 414 g/mol. The number of aromatic nitrogens is 1. The summed E-state index contributed by atoms with van der Waals surface area (Å²) in [6.07, 6.45) is 4.30. The van der Waals surface area contributed by atoms with Gasteiger partial charge in [0, 0.05) is 62.6 Å². The zero-order valence-corrected chi connectivity index (χ0v) is 18.2. The molecule has 6 nitrogen and oxygen atoms in total. The lowest BCUT2D eigenvalue weighted by Gasteiger charge is -2.16. The third kappa shape index (κ3) is 6.85. The molecule has 0 bridgehead atoms. The first-order chi connectivity index (χ1) is 14.1. The van der Waals surface area contributed by atoms with Gasteiger partial charge >= 0.3 is 0 Å². The minimum atomic E-state index is 0.248. The second-order valence-corrected chi connectivity index (χ2v) is 8.73. The average Bonchev–Trinajstić information content (AvgIpc) is 3.30. The highest BCUT2D eigenvalue weighted by atomic mass is 32.1. The third-order valence-corrected chi connectivity index (χ3v) is 5.93. The molecule has 0 spiro atoms. The Balaban J connectivity index is 1.44. The topological polar surface area (TPSA) is 69.6 Å². The maximum absolute atomic E-state index is 12.3. The highest BCUT2D eigenvalue weighted by molar-refractivity contribution is 7.11. The van der Waals surface area contributed by atoms with E-state index in [1.54, 1.807) is 11.3 Å². The van der Waals surface area contributed by atoms with Crippen molar-refractivity contribution in [2.75, 3.05) is 32.7 Å². The highest BCUT2D eigenvalue weighted by Gasteiger charge is 2.28. The van der Waals surface area contributed by atoms with Gasteiger partial charge in [0.15, 0.2) is 5.96 Å². The molecule has 7 heteroatoms. The second kappa shape index (κ2) is 11.0. The number of rotatable bonds is 9. The number of carbonyl (C=O) groups is 1. The van der Waals surface area contributed by atoms with Crippen LogP contribution in [0.15, 0.2) is 41.5 Å². The molecular formula is C22H31N5OS. The number of thiazole rings is 1. The molecule has 2 aromatic rings. The van der Waals surface area contributed by atoms with Crippen molar-refractivity contribution < 1.29 is 4.79 Å². The molecule has 1 fully saturated rings. The number of carbonyl (C=O) groups excluding carboxylic acids is 1. The van der Waals surface area contributed by atoms with Crippen molar-refractivity contribution in [1.29, 1.82) is 0 Å². The number of nitrogens with one attached hydrogen (secondary N) is 2. The Morgan fingerprint density at radius 1 is 1.28 bits per heavy atom. The van der Waals surface area contributed by atoms with Crippen molar-refractivity contribution in [2.24, 2.45) is 10.9 Å². The van der Waals surface area contributed by atoms with Gasteiger partial charge < -0.3 is 15.5 Å². The number of nitrogens with zero attached hydrogens (tertiary/aromatic N) is 3. The van der Waals surface area contributed by atoms with Crippen LogP contribution in [0.2, 0.25) is 0 Å². The van der Waals surface area contributed by atoms with E-state index in [4.69, 9.17) is 4.99 Å². The Morgan fingerprint density at radius 3 is 2.83 bits per heavy atom. The predicted octanol–water partition coefficient (Wildman–Crippen LogP) is 2.64. The molecule has 1 saturated heterocycles. The predicted molar refractivity (Wildman–Crippen MR) is 119 cm³/mol. The lowest BCUT2D eigenvalue weighted by Crippen LogP contribution is -2.38. The lowest BCUT2D eigenvalue weighted by molar-refractivity contribution is -0.127. The maximum Gasteiger partial charge on any atom is 0.223 e. The van der Waals surface area contributed by atoms with Crippen molar-refractivity contribution in [3.8, 4) is 0 Å². The fraction of sp³-hybridized carbons (Fsp3) is 0.500. The smallest absolute Gasteiger partial charge is 0.223 e. The molecule has 0 saturated carbocycles. The summed E-state index contributed by atoms with van der Waals surface area (Å²) in [5, 5.41) is 7.81. The molecule has 2 N–H and O–H groups in total. The molecule has 1 amide bonds. The molecule has 0 radical (unpaired) electrons. The van der Waals surface area contributed by atoms with Crippen LogP contribution in [0.3, 0.4) is 0 Å². The van der Waals surface area contributed by atoms with Crippen LogP contribution in [0.5, 0.6) is 0 Å². The quantitative estimate of drug-likeness (QED) is 0.490. The zero-order chi connectivity index (χ0) is 20.5. The van der Waals surface area contributed by atoms with Gasteiger partial charge in [-0.2, -0.15) is 0 Å². The highest BCUT2D eigenvalue weighted by Crippen LogP contribution is 2.18. The molecule has 156 valence electrons. The van der Waals surface area contributed by atoms with E-state index < -0.39 is 0 Å². The fourth-order valence-electron chi connectivity index (χ4n) is 3.47. The molecular weight excluding hydrogens is 382 g/mol. The second-order valence-electron chi connectivity index (χ2n) is 7.41. The summed E-state index contributed by atoms with van der Waals surface area (Å²) in [5.41, 5.74) is 1.27. The Kier molecular flexibility index (Phi) is 8.04. The summed E-state index contributed by atoms with van der Waals surface area (Å²) < 4.78 is 0. The molecule has 1 aliphatic heterocycles. The standard InChI is InChI=1S/C22H31N5OS/c1-3-23-22(24-11-9-20-25-14-17(2)29-20)26-15-19-13-21(28)27(16-19)12-10-18-7-5-4-6-8-18/h4-8,14,19H,3,9-13,15-16H2,1-2H3,(H2,23,24,26). The van der Waals surface area contributed by atoms with Crippen molar-refractivity contribution in [3.63, 3.8) is 0 Å². The van der Waals surface area contributed by atoms with Gasteiger partial charge in [0.25, 0.3) is 0 Å². The van der Waals surface area contributed by atoms with Crippen LogP contribution in [0.25, 0.3) is 0 Å². The summed E-state index contributed by atoms with van der Waals surface area (Å²) in [7, 11) is 0. The van der Waals surface area contributed by atoms with Crippen molar-refractivity contribution in [3.05, 3.63) is 52.0 Å². The lowest BCUT2D eigenvalue weighted by atomic mass is 10.1. The van der Waals surface area contributed by atoms with Crippen LogP contribution in [-0.2, 0) is 17.6 Å². The molecule has 1 aromatic heterocycles. The Morgan fingerprint density at radius 2 is 2.10 bits per heavy atom. The van der Waals surface area contributed by atoms with Gasteiger partial charge in [-0.3, -0.25) is 9.79 Å². The molecule has 0 aliphatic carbocycles.